The number of hydrogen-bond donors (Lipinski definition) is 1. The number of rotatable bonds is 8. The number of aliphatic hydroxyl groups is 1. The van der Waals surface area contributed by atoms with Gasteiger partial charge in [-0.25, -0.2) is 4.98 Å². The molecular formula is C31H36ClN3O4. The summed E-state index contributed by atoms with van der Waals surface area (Å²) >= 11 is 5.99. The number of benzene rings is 2. The molecule has 1 saturated carbocycles. The van der Waals surface area contributed by atoms with Crippen LogP contribution in [0.15, 0.2) is 60.8 Å². The van der Waals surface area contributed by atoms with Crippen molar-refractivity contribution in [2.45, 2.75) is 50.9 Å². The van der Waals surface area contributed by atoms with Crippen molar-refractivity contribution in [3.8, 4) is 11.5 Å². The van der Waals surface area contributed by atoms with Gasteiger partial charge in [-0.3, -0.25) is 9.69 Å². The molecule has 0 bridgehead atoms. The average molecular weight is 550 g/mol. The third-order valence-corrected chi connectivity index (χ3v) is 8.15. The van der Waals surface area contributed by atoms with Gasteiger partial charge in [-0.15, -0.1) is 0 Å². The van der Waals surface area contributed by atoms with Crippen LogP contribution in [0.3, 0.4) is 0 Å². The molecule has 7 nitrogen and oxygen atoms in total. The molecule has 39 heavy (non-hydrogen) atoms. The number of halogens is 1. The second kappa shape index (κ2) is 12.9. The van der Waals surface area contributed by atoms with E-state index in [1.54, 1.807) is 25.4 Å². The number of nitrogens with zero attached hydrogens (tertiary/aromatic N) is 3. The first-order valence-corrected chi connectivity index (χ1v) is 14.1. The molecule has 1 aromatic heterocycles. The summed E-state index contributed by atoms with van der Waals surface area (Å²) in [5.41, 5.74) is 3.59. The van der Waals surface area contributed by atoms with E-state index in [0.717, 1.165) is 55.9 Å². The number of ether oxygens (including phenoxy) is 2. The third-order valence-electron chi connectivity index (χ3n) is 7.90. The van der Waals surface area contributed by atoms with Crippen molar-refractivity contribution in [1.82, 2.24) is 14.8 Å². The minimum absolute atomic E-state index is 0.0729. The Labute approximate surface area is 235 Å². The zero-order chi connectivity index (χ0) is 27.2. The Bertz CT molecular complexity index is 1240. The Morgan fingerprint density at radius 3 is 2.38 bits per heavy atom. The molecule has 1 aliphatic carbocycles. The summed E-state index contributed by atoms with van der Waals surface area (Å²) in [6.07, 6.45) is 6.22. The summed E-state index contributed by atoms with van der Waals surface area (Å²) in [5, 5.41) is 10.7. The minimum Gasteiger partial charge on any atom is -0.455 e. The van der Waals surface area contributed by atoms with Crippen LogP contribution in [0, 0.1) is 0 Å². The van der Waals surface area contributed by atoms with Gasteiger partial charge in [-0.1, -0.05) is 29.8 Å². The van der Waals surface area contributed by atoms with E-state index in [4.69, 9.17) is 21.1 Å². The minimum atomic E-state index is -0.107. The molecule has 2 aromatic carbocycles. The number of hydrogen-bond acceptors (Lipinski definition) is 6. The molecule has 0 unspecified atom stereocenters. The number of amides is 1. The Hall–Kier alpha value is -2.97. The fourth-order valence-corrected chi connectivity index (χ4v) is 5.65. The van der Waals surface area contributed by atoms with E-state index in [9.17, 15) is 9.90 Å². The molecule has 2 heterocycles. The number of carbonyl (C=O) groups is 1. The highest BCUT2D eigenvalue weighted by Gasteiger charge is 2.24. The van der Waals surface area contributed by atoms with Gasteiger partial charge in [0.1, 0.15) is 17.2 Å². The van der Waals surface area contributed by atoms with Gasteiger partial charge in [-0.05, 0) is 79.1 Å². The topological polar surface area (TPSA) is 75.1 Å². The van der Waals surface area contributed by atoms with Crippen molar-refractivity contribution >= 4 is 17.5 Å². The fraction of sp³-hybridized carbons (Fsp3) is 0.419. The highest BCUT2D eigenvalue weighted by molar-refractivity contribution is 6.30. The number of carbonyl (C=O) groups excluding carboxylic acids is 1. The summed E-state index contributed by atoms with van der Waals surface area (Å²) in [5.74, 6) is 1.53. The van der Waals surface area contributed by atoms with Crippen LogP contribution in [0.1, 0.15) is 58.8 Å². The molecule has 0 radical (unpaired) electrons. The lowest BCUT2D eigenvalue weighted by atomic mass is 9.82. The van der Waals surface area contributed by atoms with Gasteiger partial charge >= 0.3 is 0 Å². The first kappa shape index (κ1) is 27.6. The number of aliphatic hydroxyl groups excluding tert-OH is 1. The quantitative estimate of drug-likeness (QED) is 0.391. The molecule has 206 valence electrons. The Balaban J connectivity index is 1.15. The maximum Gasteiger partial charge on any atom is 0.272 e. The molecule has 3 aromatic rings. The monoisotopic (exact) mass is 549 g/mol. The van der Waals surface area contributed by atoms with Crippen LogP contribution in [-0.4, -0.2) is 65.2 Å². The summed E-state index contributed by atoms with van der Waals surface area (Å²) < 4.78 is 11.5. The van der Waals surface area contributed by atoms with E-state index >= 15 is 0 Å². The second-order valence-electron chi connectivity index (χ2n) is 10.4. The number of aromatic nitrogens is 1. The molecule has 0 atom stereocenters. The largest absolute Gasteiger partial charge is 0.455 e. The van der Waals surface area contributed by atoms with Crippen molar-refractivity contribution in [1.29, 1.82) is 0 Å². The molecule has 5 rings (SSSR count). The van der Waals surface area contributed by atoms with Crippen LogP contribution in [-0.2, 0) is 17.9 Å². The molecule has 2 fully saturated rings. The normalized spacial score (nSPS) is 20.1. The van der Waals surface area contributed by atoms with Gasteiger partial charge in [0.25, 0.3) is 5.91 Å². The lowest BCUT2D eigenvalue weighted by molar-refractivity contribution is 0.0622. The van der Waals surface area contributed by atoms with E-state index in [-0.39, 0.29) is 12.5 Å². The Morgan fingerprint density at radius 2 is 1.74 bits per heavy atom. The van der Waals surface area contributed by atoms with Crippen LogP contribution < -0.4 is 4.74 Å². The molecular weight excluding hydrogens is 514 g/mol. The summed E-state index contributed by atoms with van der Waals surface area (Å²) in [7, 11) is 1.78. The van der Waals surface area contributed by atoms with Crippen LogP contribution >= 0.6 is 11.6 Å². The Morgan fingerprint density at radius 1 is 1.00 bits per heavy atom. The molecule has 1 amide bonds. The van der Waals surface area contributed by atoms with Gasteiger partial charge in [0, 0.05) is 50.4 Å². The van der Waals surface area contributed by atoms with Gasteiger partial charge in [0.05, 0.1) is 18.9 Å². The molecule has 0 spiro atoms. The van der Waals surface area contributed by atoms with Gasteiger partial charge in [0.15, 0.2) is 0 Å². The highest BCUT2D eigenvalue weighted by Crippen LogP contribution is 2.36. The number of piperazine rings is 1. The predicted octanol–water partition coefficient (Wildman–Crippen LogP) is 5.65. The van der Waals surface area contributed by atoms with E-state index in [0.29, 0.717) is 42.3 Å². The van der Waals surface area contributed by atoms with Gasteiger partial charge in [0.2, 0.25) is 0 Å². The van der Waals surface area contributed by atoms with E-state index in [1.807, 2.05) is 41.3 Å². The van der Waals surface area contributed by atoms with Gasteiger partial charge in [-0.2, -0.15) is 0 Å². The first-order valence-electron chi connectivity index (χ1n) is 13.7. The Kier molecular flexibility index (Phi) is 9.14. The van der Waals surface area contributed by atoms with Crippen LogP contribution in [0.5, 0.6) is 11.5 Å². The predicted molar refractivity (Wildman–Crippen MR) is 151 cm³/mol. The van der Waals surface area contributed by atoms with E-state index < -0.39 is 0 Å². The number of methoxy groups -OCH3 is 1. The van der Waals surface area contributed by atoms with Crippen molar-refractivity contribution in [3.05, 3.63) is 88.2 Å². The molecule has 2 aliphatic rings. The van der Waals surface area contributed by atoms with Crippen molar-refractivity contribution < 1.29 is 19.4 Å². The SMILES string of the molecule is COC1CCC(c2ccc(Oc3ccc(C(=O)N4CCN(Cc5ccc(Cl)cc5)CC4)nc3)c(CO)c2)CC1. The molecule has 1 saturated heterocycles. The highest BCUT2D eigenvalue weighted by atomic mass is 35.5. The van der Waals surface area contributed by atoms with Crippen LogP contribution in [0.2, 0.25) is 5.02 Å². The lowest BCUT2D eigenvalue weighted by Gasteiger charge is -2.34. The standard InChI is InChI=1S/C31H36ClN3O4/c1-38-27-9-4-23(5-10-27)24-6-13-30(25(18-24)21-36)39-28-11-12-29(33-19-28)31(37)35-16-14-34(15-17-35)20-22-2-7-26(32)8-3-22/h2-3,6-8,11-13,18-19,23,27,36H,4-5,9-10,14-17,20-21H2,1H3. The molecule has 8 heteroatoms. The second-order valence-corrected chi connectivity index (χ2v) is 10.8. The smallest absolute Gasteiger partial charge is 0.272 e. The maximum absolute atomic E-state index is 13.0. The van der Waals surface area contributed by atoms with E-state index in [1.165, 1.54) is 11.1 Å². The maximum atomic E-state index is 13.0. The van der Waals surface area contributed by atoms with Crippen molar-refractivity contribution in [2.24, 2.45) is 0 Å². The summed E-state index contributed by atoms with van der Waals surface area (Å²) in [4.78, 5) is 21.6. The van der Waals surface area contributed by atoms with Crippen molar-refractivity contribution in [3.63, 3.8) is 0 Å². The summed E-state index contributed by atoms with van der Waals surface area (Å²) in [6.45, 7) is 3.67. The van der Waals surface area contributed by atoms with Crippen LogP contribution in [0.4, 0.5) is 0 Å². The van der Waals surface area contributed by atoms with E-state index in [2.05, 4.69) is 16.0 Å². The number of pyridine rings is 1. The third kappa shape index (κ3) is 6.97. The summed E-state index contributed by atoms with van der Waals surface area (Å²) in [6, 6.07) is 17.4. The molecule has 1 N–H and O–H groups in total. The zero-order valence-electron chi connectivity index (χ0n) is 22.4. The van der Waals surface area contributed by atoms with Crippen molar-refractivity contribution in [2.75, 3.05) is 33.3 Å². The van der Waals surface area contributed by atoms with Gasteiger partial charge < -0.3 is 19.5 Å². The molecule has 1 aliphatic heterocycles. The lowest BCUT2D eigenvalue weighted by Crippen LogP contribution is -2.48. The zero-order valence-corrected chi connectivity index (χ0v) is 23.1. The fourth-order valence-electron chi connectivity index (χ4n) is 5.52. The first-order chi connectivity index (χ1) is 19.0. The average Bonchev–Trinajstić information content (AvgIpc) is 2.99. The van der Waals surface area contributed by atoms with Crippen LogP contribution in [0.25, 0.3) is 0 Å².